The van der Waals surface area contributed by atoms with Crippen molar-refractivity contribution in [3.63, 3.8) is 0 Å². The standard InChI is InChI=1S/C42H42ClN3O5S/c43-34-17-13-16-33(28-34)30-45(40(29-32-14-5-1-6-15-32)42(48)44-35-18-7-2-8-19-35)41(47)31-46(52(49,50)39-22-11-4-12-23-39)36-24-26-38(27-25-36)51-37-20-9-3-10-21-37/h1,3-6,9-17,20-28,35,40H,2,7-8,18-19,29-31H2,(H,44,48)/t40-/m1/s1. The Hall–Kier alpha value is -5.12. The molecule has 0 bridgehead atoms. The largest absolute Gasteiger partial charge is 0.457 e. The Morgan fingerprint density at radius 1 is 0.731 bits per heavy atom. The maximum absolute atomic E-state index is 14.8. The normalized spacial score (nSPS) is 13.9. The van der Waals surface area contributed by atoms with Crippen molar-refractivity contribution in [1.82, 2.24) is 10.2 Å². The third-order valence-electron chi connectivity index (χ3n) is 9.18. The molecule has 1 atom stereocenters. The first-order chi connectivity index (χ1) is 25.3. The summed E-state index contributed by atoms with van der Waals surface area (Å²) in [5.74, 6) is 0.324. The van der Waals surface area contributed by atoms with Gasteiger partial charge in [-0.05, 0) is 84.6 Å². The summed E-state index contributed by atoms with van der Waals surface area (Å²) in [5, 5.41) is 3.72. The fourth-order valence-corrected chi connectivity index (χ4v) is 8.13. The van der Waals surface area contributed by atoms with Gasteiger partial charge in [0.05, 0.1) is 10.6 Å². The van der Waals surface area contributed by atoms with E-state index < -0.39 is 28.5 Å². The van der Waals surface area contributed by atoms with Crippen LogP contribution >= 0.6 is 11.6 Å². The van der Waals surface area contributed by atoms with E-state index in [4.69, 9.17) is 16.3 Å². The number of halogens is 1. The molecule has 10 heteroatoms. The van der Waals surface area contributed by atoms with E-state index in [0.29, 0.717) is 22.1 Å². The number of ether oxygens (including phenoxy) is 1. The summed E-state index contributed by atoms with van der Waals surface area (Å²) in [6, 6.07) is 39.6. The Labute approximate surface area is 311 Å². The van der Waals surface area contributed by atoms with Gasteiger partial charge in [0, 0.05) is 24.0 Å². The smallest absolute Gasteiger partial charge is 0.264 e. The summed E-state index contributed by atoms with van der Waals surface area (Å²) >= 11 is 6.38. The second-order valence-electron chi connectivity index (χ2n) is 12.9. The molecular formula is C42H42ClN3O5S. The number of hydrogen-bond acceptors (Lipinski definition) is 5. The van der Waals surface area contributed by atoms with E-state index in [2.05, 4.69) is 5.32 Å². The lowest BCUT2D eigenvalue weighted by atomic mass is 9.94. The highest BCUT2D eigenvalue weighted by Crippen LogP contribution is 2.29. The number of carbonyl (C=O) groups is 2. The number of anilines is 1. The van der Waals surface area contributed by atoms with Crippen molar-refractivity contribution in [3.05, 3.63) is 156 Å². The molecule has 0 saturated heterocycles. The molecule has 268 valence electrons. The van der Waals surface area contributed by atoms with Gasteiger partial charge in [0.25, 0.3) is 10.0 Å². The SMILES string of the molecule is O=C(NC1CCCCC1)[C@@H](Cc1ccccc1)N(Cc1cccc(Cl)c1)C(=O)CN(c1ccc(Oc2ccccc2)cc1)S(=O)(=O)c1ccccc1. The maximum atomic E-state index is 14.8. The van der Waals surface area contributed by atoms with Crippen LogP contribution in [0.3, 0.4) is 0 Å². The second kappa shape index (κ2) is 17.4. The molecule has 0 aliphatic heterocycles. The topological polar surface area (TPSA) is 96.0 Å². The molecule has 2 amide bonds. The van der Waals surface area contributed by atoms with E-state index in [1.54, 1.807) is 60.7 Å². The molecule has 1 aliphatic rings. The Morgan fingerprint density at radius 2 is 1.33 bits per heavy atom. The number of nitrogens with one attached hydrogen (secondary N) is 1. The third kappa shape index (κ3) is 9.60. The number of carbonyl (C=O) groups excluding carboxylic acids is 2. The Morgan fingerprint density at radius 3 is 1.98 bits per heavy atom. The highest BCUT2D eigenvalue weighted by Gasteiger charge is 2.35. The Bertz CT molecular complexity index is 2030. The molecule has 1 saturated carbocycles. The second-order valence-corrected chi connectivity index (χ2v) is 15.2. The zero-order valence-electron chi connectivity index (χ0n) is 28.8. The molecule has 0 spiro atoms. The lowest BCUT2D eigenvalue weighted by molar-refractivity contribution is -0.140. The van der Waals surface area contributed by atoms with Gasteiger partial charge in [0.15, 0.2) is 0 Å². The molecule has 0 heterocycles. The van der Waals surface area contributed by atoms with Crippen molar-refractivity contribution in [2.75, 3.05) is 10.8 Å². The Balaban J connectivity index is 1.38. The van der Waals surface area contributed by atoms with Crippen molar-refractivity contribution in [2.24, 2.45) is 0 Å². The minimum absolute atomic E-state index is 0.00854. The van der Waals surface area contributed by atoms with E-state index in [9.17, 15) is 18.0 Å². The number of hydrogen-bond donors (Lipinski definition) is 1. The predicted molar refractivity (Wildman–Crippen MR) is 205 cm³/mol. The highest BCUT2D eigenvalue weighted by atomic mass is 35.5. The van der Waals surface area contributed by atoms with Crippen LogP contribution in [0.1, 0.15) is 43.2 Å². The van der Waals surface area contributed by atoms with Crippen molar-refractivity contribution in [2.45, 2.75) is 62.0 Å². The quantitative estimate of drug-likeness (QED) is 0.124. The van der Waals surface area contributed by atoms with Gasteiger partial charge in [-0.25, -0.2) is 8.42 Å². The highest BCUT2D eigenvalue weighted by molar-refractivity contribution is 7.92. The first-order valence-electron chi connectivity index (χ1n) is 17.6. The lowest BCUT2D eigenvalue weighted by Crippen LogP contribution is -2.55. The summed E-state index contributed by atoms with van der Waals surface area (Å²) in [5.41, 5.74) is 1.86. The molecule has 52 heavy (non-hydrogen) atoms. The molecule has 6 rings (SSSR count). The summed E-state index contributed by atoms with van der Waals surface area (Å²) in [6.07, 6.45) is 5.17. The van der Waals surface area contributed by atoms with Crippen LogP contribution in [0.25, 0.3) is 0 Å². The lowest BCUT2D eigenvalue weighted by Gasteiger charge is -2.35. The molecule has 0 radical (unpaired) electrons. The van der Waals surface area contributed by atoms with Gasteiger partial charge in [0.1, 0.15) is 24.1 Å². The molecular weight excluding hydrogens is 694 g/mol. The first-order valence-corrected chi connectivity index (χ1v) is 19.4. The molecule has 1 fully saturated rings. The van der Waals surface area contributed by atoms with Gasteiger partial charge in [0.2, 0.25) is 11.8 Å². The fraction of sp³-hybridized carbons (Fsp3) is 0.238. The van der Waals surface area contributed by atoms with E-state index in [1.807, 2.05) is 66.7 Å². The van der Waals surface area contributed by atoms with Gasteiger partial charge in [-0.1, -0.05) is 110 Å². The maximum Gasteiger partial charge on any atom is 0.264 e. The first kappa shape index (κ1) is 36.7. The third-order valence-corrected chi connectivity index (χ3v) is 11.2. The monoisotopic (exact) mass is 735 g/mol. The van der Waals surface area contributed by atoms with Crippen LogP contribution in [0.4, 0.5) is 5.69 Å². The van der Waals surface area contributed by atoms with Gasteiger partial charge in [-0.2, -0.15) is 0 Å². The van der Waals surface area contributed by atoms with Crippen LogP contribution in [0.2, 0.25) is 5.02 Å². The minimum atomic E-state index is -4.24. The van der Waals surface area contributed by atoms with E-state index >= 15 is 0 Å². The molecule has 1 N–H and O–H groups in total. The molecule has 0 unspecified atom stereocenters. The molecule has 0 aromatic heterocycles. The van der Waals surface area contributed by atoms with Crippen molar-refractivity contribution in [1.29, 1.82) is 0 Å². The van der Waals surface area contributed by atoms with Crippen molar-refractivity contribution in [3.8, 4) is 11.5 Å². The molecule has 8 nitrogen and oxygen atoms in total. The van der Waals surface area contributed by atoms with Crippen LogP contribution in [0, 0.1) is 0 Å². The molecule has 5 aromatic rings. The fourth-order valence-electron chi connectivity index (χ4n) is 6.48. The van der Waals surface area contributed by atoms with Crippen LogP contribution in [0.5, 0.6) is 11.5 Å². The van der Waals surface area contributed by atoms with Crippen LogP contribution in [0.15, 0.2) is 144 Å². The van der Waals surface area contributed by atoms with E-state index in [0.717, 1.165) is 42.0 Å². The van der Waals surface area contributed by atoms with E-state index in [1.165, 1.54) is 17.0 Å². The number of rotatable bonds is 14. The average Bonchev–Trinajstić information content (AvgIpc) is 3.17. The molecule has 1 aliphatic carbocycles. The van der Waals surface area contributed by atoms with Gasteiger partial charge in [-0.3, -0.25) is 13.9 Å². The van der Waals surface area contributed by atoms with Gasteiger partial charge in [-0.15, -0.1) is 0 Å². The van der Waals surface area contributed by atoms with Gasteiger partial charge >= 0.3 is 0 Å². The van der Waals surface area contributed by atoms with Crippen molar-refractivity contribution < 1.29 is 22.7 Å². The predicted octanol–water partition coefficient (Wildman–Crippen LogP) is 8.42. The van der Waals surface area contributed by atoms with Crippen LogP contribution < -0.4 is 14.4 Å². The minimum Gasteiger partial charge on any atom is -0.457 e. The zero-order valence-corrected chi connectivity index (χ0v) is 30.4. The number of sulfonamides is 1. The Kier molecular flexibility index (Phi) is 12.3. The number of para-hydroxylation sites is 1. The number of benzene rings is 5. The number of amides is 2. The number of nitrogens with zero attached hydrogens (tertiary/aromatic N) is 2. The van der Waals surface area contributed by atoms with Crippen LogP contribution in [-0.4, -0.2) is 43.8 Å². The summed E-state index contributed by atoms with van der Waals surface area (Å²) < 4.78 is 35.8. The van der Waals surface area contributed by atoms with Crippen LogP contribution in [-0.2, 0) is 32.6 Å². The van der Waals surface area contributed by atoms with E-state index in [-0.39, 0.29) is 35.5 Å². The summed E-state index contributed by atoms with van der Waals surface area (Å²) in [7, 11) is -4.24. The van der Waals surface area contributed by atoms with Gasteiger partial charge < -0.3 is 15.0 Å². The average molecular weight is 736 g/mol. The summed E-state index contributed by atoms with van der Waals surface area (Å²) in [4.78, 5) is 30.6. The summed E-state index contributed by atoms with van der Waals surface area (Å²) in [6.45, 7) is -0.517. The molecule has 5 aromatic carbocycles. The zero-order chi connectivity index (χ0) is 36.3. The van der Waals surface area contributed by atoms with Crippen molar-refractivity contribution >= 4 is 39.1 Å².